The van der Waals surface area contributed by atoms with Gasteiger partial charge in [0, 0.05) is 24.8 Å². The van der Waals surface area contributed by atoms with Crippen LogP contribution >= 0.6 is 24.0 Å². The third kappa shape index (κ3) is 3.42. The number of thiocarbonyl (C=S) groups is 1. The van der Waals surface area contributed by atoms with Crippen molar-refractivity contribution in [2.75, 3.05) is 18.5 Å². The van der Waals surface area contributed by atoms with Gasteiger partial charge in [0.2, 0.25) is 0 Å². The van der Waals surface area contributed by atoms with Crippen LogP contribution in [-0.4, -0.2) is 34.6 Å². The summed E-state index contributed by atoms with van der Waals surface area (Å²) in [6.07, 6.45) is 3.79. The summed E-state index contributed by atoms with van der Waals surface area (Å²) in [5, 5.41) is 0. The standard InChI is InChI=1S/C21H18N2O2S2/c1-22-20(25)18(27-21(22)26)13-14-8-10-16(11-9-14)19(24)23-12-4-6-15-5-2-3-7-17(15)23/h2-3,5,7-11,13H,4,6,12H2,1H3. The number of carbonyl (C=O) groups is 2. The van der Waals surface area contributed by atoms with Crippen molar-refractivity contribution in [3.63, 3.8) is 0 Å². The first-order chi connectivity index (χ1) is 13.0. The van der Waals surface area contributed by atoms with Crippen molar-refractivity contribution in [3.05, 3.63) is 70.1 Å². The molecule has 0 radical (unpaired) electrons. The zero-order valence-corrected chi connectivity index (χ0v) is 16.5. The van der Waals surface area contributed by atoms with E-state index < -0.39 is 0 Å². The Morgan fingerprint density at radius 3 is 2.59 bits per heavy atom. The highest BCUT2D eigenvalue weighted by Crippen LogP contribution is 2.32. The molecule has 0 spiro atoms. The molecule has 27 heavy (non-hydrogen) atoms. The van der Waals surface area contributed by atoms with Crippen LogP contribution in [0, 0.1) is 0 Å². The Morgan fingerprint density at radius 1 is 1.15 bits per heavy atom. The minimum atomic E-state index is -0.0879. The van der Waals surface area contributed by atoms with Gasteiger partial charge in [0.05, 0.1) is 4.91 Å². The molecule has 0 N–H and O–H groups in total. The highest BCUT2D eigenvalue weighted by molar-refractivity contribution is 8.26. The van der Waals surface area contributed by atoms with Crippen LogP contribution in [0.15, 0.2) is 53.4 Å². The van der Waals surface area contributed by atoms with Gasteiger partial charge in [-0.1, -0.05) is 54.3 Å². The van der Waals surface area contributed by atoms with Gasteiger partial charge in [-0.15, -0.1) is 0 Å². The van der Waals surface area contributed by atoms with Gasteiger partial charge in [-0.3, -0.25) is 14.5 Å². The lowest BCUT2D eigenvalue weighted by Gasteiger charge is -2.29. The fourth-order valence-corrected chi connectivity index (χ4v) is 4.50. The largest absolute Gasteiger partial charge is 0.308 e. The van der Waals surface area contributed by atoms with Crippen LogP contribution in [0.3, 0.4) is 0 Å². The molecule has 6 heteroatoms. The van der Waals surface area contributed by atoms with Gasteiger partial charge in [0.25, 0.3) is 11.8 Å². The van der Waals surface area contributed by atoms with Gasteiger partial charge in [-0.05, 0) is 48.2 Å². The molecule has 4 nitrogen and oxygen atoms in total. The maximum Gasteiger partial charge on any atom is 0.265 e. The number of amides is 2. The molecule has 136 valence electrons. The molecular weight excluding hydrogens is 376 g/mol. The van der Waals surface area contributed by atoms with Crippen molar-refractivity contribution >= 4 is 51.9 Å². The molecule has 4 rings (SSSR count). The molecule has 0 unspecified atom stereocenters. The fourth-order valence-electron chi connectivity index (χ4n) is 3.32. The number of thioether (sulfide) groups is 1. The lowest BCUT2D eigenvalue weighted by atomic mass is 10.0. The second-order valence-corrected chi connectivity index (χ2v) is 8.23. The van der Waals surface area contributed by atoms with Crippen molar-refractivity contribution in [2.24, 2.45) is 0 Å². The van der Waals surface area contributed by atoms with Crippen LogP contribution < -0.4 is 4.90 Å². The Balaban J connectivity index is 1.56. The topological polar surface area (TPSA) is 40.6 Å². The molecular formula is C21H18N2O2S2. The summed E-state index contributed by atoms with van der Waals surface area (Å²) in [5.74, 6) is -0.0799. The van der Waals surface area contributed by atoms with E-state index >= 15 is 0 Å². The number of likely N-dealkylation sites (N-methyl/N-ethyl adjacent to an activating group) is 1. The minimum absolute atomic E-state index is 0.00795. The van der Waals surface area contributed by atoms with E-state index in [1.54, 1.807) is 7.05 Å². The van der Waals surface area contributed by atoms with Crippen molar-refractivity contribution in [3.8, 4) is 0 Å². The van der Waals surface area contributed by atoms with Gasteiger partial charge in [-0.25, -0.2) is 0 Å². The predicted octanol–water partition coefficient (Wildman–Crippen LogP) is 4.11. The summed E-state index contributed by atoms with van der Waals surface area (Å²) in [4.78, 5) is 29.0. The quantitative estimate of drug-likeness (QED) is 0.568. The van der Waals surface area contributed by atoms with Gasteiger partial charge in [0.15, 0.2) is 0 Å². The maximum atomic E-state index is 13.0. The molecule has 0 saturated carbocycles. The third-order valence-corrected chi connectivity index (χ3v) is 6.28. The summed E-state index contributed by atoms with van der Waals surface area (Å²) in [5.41, 5.74) is 3.74. The molecule has 0 bridgehead atoms. The van der Waals surface area contributed by atoms with E-state index in [0.717, 1.165) is 30.6 Å². The Kier molecular flexibility index (Phi) is 4.85. The number of nitrogens with zero attached hydrogens (tertiary/aromatic N) is 2. The molecule has 0 aromatic heterocycles. The van der Waals surface area contributed by atoms with Crippen LogP contribution in [0.4, 0.5) is 5.69 Å². The normalized spacial score (nSPS) is 18.2. The van der Waals surface area contributed by atoms with E-state index in [9.17, 15) is 9.59 Å². The average molecular weight is 395 g/mol. The molecule has 2 aromatic rings. The number of hydrogen-bond donors (Lipinski definition) is 0. The van der Waals surface area contributed by atoms with E-state index in [1.165, 1.54) is 22.2 Å². The molecule has 1 fully saturated rings. The van der Waals surface area contributed by atoms with Crippen molar-refractivity contribution in [1.82, 2.24) is 4.90 Å². The number of para-hydroxylation sites is 1. The fraction of sp³-hybridized carbons (Fsp3) is 0.190. The molecule has 2 aliphatic heterocycles. The first kappa shape index (κ1) is 17.9. The average Bonchev–Trinajstić information content (AvgIpc) is 2.94. The van der Waals surface area contributed by atoms with Crippen LogP contribution in [0.5, 0.6) is 0 Å². The van der Waals surface area contributed by atoms with Crippen LogP contribution in [0.25, 0.3) is 6.08 Å². The number of rotatable bonds is 2. The number of hydrogen-bond acceptors (Lipinski definition) is 4. The minimum Gasteiger partial charge on any atom is -0.308 e. The molecule has 1 saturated heterocycles. The van der Waals surface area contributed by atoms with Gasteiger partial charge in [0.1, 0.15) is 4.32 Å². The van der Waals surface area contributed by atoms with Crippen molar-refractivity contribution < 1.29 is 9.59 Å². The number of benzene rings is 2. The van der Waals surface area contributed by atoms with E-state index in [1.807, 2.05) is 53.4 Å². The number of fused-ring (bicyclic) bond motifs is 1. The predicted molar refractivity (Wildman–Crippen MR) is 114 cm³/mol. The molecule has 0 atom stereocenters. The third-order valence-electron chi connectivity index (χ3n) is 4.80. The lowest BCUT2D eigenvalue weighted by molar-refractivity contribution is -0.121. The first-order valence-electron chi connectivity index (χ1n) is 8.76. The van der Waals surface area contributed by atoms with Crippen LogP contribution in [0.1, 0.15) is 27.9 Å². The van der Waals surface area contributed by atoms with Crippen LogP contribution in [-0.2, 0) is 11.2 Å². The zero-order chi connectivity index (χ0) is 19.0. The summed E-state index contributed by atoms with van der Waals surface area (Å²) in [7, 11) is 1.68. The zero-order valence-electron chi connectivity index (χ0n) is 14.8. The van der Waals surface area contributed by atoms with E-state index in [2.05, 4.69) is 6.07 Å². The lowest BCUT2D eigenvalue weighted by Crippen LogP contribution is -2.35. The Morgan fingerprint density at radius 2 is 1.89 bits per heavy atom. The van der Waals surface area contributed by atoms with Crippen LogP contribution in [0.2, 0.25) is 0 Å². The number of anilines is 1. The highest BCUT2D eigenvalue weighted by Gasteiger charge is 2.28. The summed E-state index contributed by atoms with van der Waals surface area (Å²) < 4.78 is 0.557. The molecule has 2 aliphatic rings. The SMILES string of the molecule is CN1C(=O)C(=Cc2ccc(C(=O)N3CCCc4ccccc43)cc2)SC1=S. The molecule has 2 heterocycles. The summed E-state index contributed by atoms with van der Waals surface area (Å²) >= 11 is 6.44. The summed E-state index contributed by atoms with van der Waals surface area (Å²) in [6.45, 7) is 0.733. The monoisotopic (exact) mass is 394 g/mol. The van der Waals surface area contributed by atoms with Gasteiger partial charge < -0.3 is 4.90 Å². The first-order valence-corrected chi connectivity index (χ1v) is 9.98. The Bertz CT molecular complexity index is 966. The summed E-state index contributed by atoms with van der Waals surface area (Å²) in [6, 6.07) is 15.4. The molecule has 2 amide bonds. The Labute approximate surface area is 167 Å². The second-order valence-electron chi connectivity index (χ2n) is 6.55. The molecule has 2 aromatic carbocycles. The Hall–Kier alpha value is -2.44. The number of carbonyl (C=O) groups excluding carboxylic acids is 2. The molecule has 0 aliphatic carbocycles. The van der Waals surface area contributed by atoms with E-state index in [0.29, 0.717) is 14.8 Å². The second kappa shape index (κ2) is 7.29. The highest BCUT2D eigenvalue weighted by atomic mass is 32.2. The van der Waals surface area contributed by atoms with E-state index in [4.69, 9.17) is 12.2 Å². The number of aryl methyl sites for hydroxylation is 1. The van der Waals surface area contributed by atoms with Gasteiger partial charge >= 0.3 is 0 Å². The van der Waals surface area contributed by atoms with Crippen molar-refractivity contribution in [2.45, 2.75) is 12.8 Å². The van der Waals surface area contributed by atoms with Crippen molar-refractivity contribution in [1.29, 1.82) is 0 Å². The van der Waals surface area contributed by atoms with E-state index in [-0.39, 0.29) is 11.8 Å². The van der Waals surface area contributed by atoms with Gasteiger partial charge in [-0.2, -0.15) is 0 Å². The smallest absolute Gasteiger partial charge is 0.265 e. The maximum absolute atomic E-state index is 13.0.